The van der Waals surface area contributed by atoms with Gasteiger partial charge in [0.15, 0.2) is 0 Å². The lowest BCUT2D eigenvalue weighted by atomic mass is 10.1. The molecular formula is C20H24Cl2N4O2Si. The number of fused-ring (bicyclic) bond motifs is 1. The average molecular weight is 451 g/mol. The van der Waals surface area contributed by atoms with Crippen LogP contribution in [0.1, 0.15) is 0 Å². The summed E-state index contributed by atoms with van der Waals surface area (Å²) in [5.41, 5.74) is 2.70. The van der Waals surface area contributed by atoms with Crippen LogP contribution in [0.2, 0.25) is 30.7 Å². The van der Waals surface area contributed by atoms with Crippen LogP contribution in [-0.2, 0) is 16.3 Å². The summed E-state index contributed by atoms with van der Waals surface area (Å²) in [6.07, 6.45) is 1.88. The van der Waals surface area contributed by atoms with E-state index in [2.05, 4.69) is 35.0 Å². The molecule has 0 fully saturated rings. The third kappa shape index (κ3) is 5.79. The molecule has 9 heteroatoms. The number of nitrogens with one attached hydrogen (secondary N) is 1. The summed E-state index contributed by atoms with van der Waals surface area (Å²) in [5, 5.41) is 8.46. The molecule has 0 bridgehead atoms. The molecule has 1 N–H and O–H groups in total. The van der Waals surface area contributed by atoms with Crippen molar-refractivity contribution in [1.82, 2.24) is 14.8 Å². The molecule has 0 saturated heterocycles. The predicted octanol–water partition coefficient (Wildman–Crippen LogP) is 5.24. The van der Waals surface area contributed by atoms with Crippen LogP contribution in [0.25, 0.3) is 22.3 Å². The first-order valence-electron chi connectivity index (χ1n) is 9.33. The molecule has 154 valence electrons. The van der Waals surface area contributed by atoms with E-state index in [9.17, 15) is 4.79 Å². The SMILES string of the molecule is C[Si](C)(C)CCOCn1ccc(-c2ccc3c(NC(=O)CCl)c(Cl)ccc3n2)n1. The van der Waals surface area contributed by atoms with E-state index < -0.39 is 8.07 Å². The molecule has 0 atom stereocenters. The lowest BCUT2D eigenvalue weighted by Crippen LogP contribution is -2.22. The summed E-state index contributed by atoms with van der Waals surface area (Å²) in [6, 6.07) is 10.3. The summed E-state index contributed by atoms with van der Waals surface area (Å²) < 4.78 is 7.50. The van der Waals surface area contributed by atoms with Gasteiger partial charge < -0.3 is 10.1 Å². The standard InChI is InChI=1S/C20H24Cl2N4O2Si/c1-29(2,3)11-10-28-13-26-9-8-18(25-26)17-6-4-14-16(23-17)7-5-15(22)20(14)24-19(27)12-21/h4-9H,10-13H2,1-3H3,(H,24,27). The molecule has 1 amide bonds. The lowest BCUT2D eigenvalue weighted by Gasteiger charge is -2.15. The van der Waals surface area contributed by atoms with Gasteiger partial charge in [0.2, 0.25) is 5.91 Å². The second kappa shape index (κ2) is 9.26. The largest absolute Gasteiger partial charge is 0.360 e. The van der Waals surface area contributed by atoms with Gasteiger partial charge in [-0.3, -0.25) is 4.79 Å². The summed E-state index contributed by atoms with van der Waals surface area (Å²) in [6.45, 7) is 8.15. The van der Waals surface area contributed by atoms with Crippen molar-refractivity contribution in [2.45, 2.75) is 32.4 Å². The van der Waals surface area contributed by atoms with Gasteiger partial charge in [-0.1, -0.05) is 31.2 Å². The summed E-state index contributed by atoms with van der Waals surface area (Å²) in [5.74, 6) is -0.464. The number of alkyl halides is 1. The number of benzene rings is 1. The maximum absolute atomic E-state index is 11.7. The lowest BCUT2D eigenvalue weighted by molar-refractivity contribution is -0.113. The van der Waals surface area contributed by atoms with E-state index in [1.54, 1.807) is 10.7 Å². The van der Waals surface area contributed by atoms with Crippen molar-refractivity contribution in [2.24, 2.45) is 0 Å². The predicted molar refractivity (Wildman–Crippen MR) is 121 cm³/mol. The fourth-order valence-electron chi connectivity index (χ4n) is 2.73. The number of rotatable bonds is 8. The third-order valence-electron chi connectivity index (χ3n) is 4.33. The summed E-state index contributed by atoms with van der Waals surface area (Å²) in [4.78, 5) is 16.4. The van der Waals surface area contributed by atoms with Crippen LogP contribution >= 0.6 is 23.2 Å². The normalized spacial score (nSPS) is 11.8. The van der Waals surface area contributed by atoms with E-state index in [0.29, 0.717) is 23.0 Å². The van der Waals surface area contributed by atoms with Crippen molar-refractivity contribution >= 4 is 53.8 Å². The number of halogens is 2. The van der Waals surface area contributed by atoms with E-state index in [4.69, 9.17) is 27.9 Å². The molecule has 1 aromatic carbocycles. The van der Waals surface area contributed by atoms with Gasteiger partial charge in [0, 0.05) is 26.3 Å². The maximum atomic E-state index is 11.7. The van der Waals surface area contributed by atoms with Gasteiger partial charge >= 0.3 is 0 Å². The van der Waals surface area contributed by atoms with Gasteiger partial charge in [0.1, 0.15) is 18.3 Å². The number of aromatic nitrogens is 3. The minimum atomic E-state index is -1.10. The Balaban J connectivity index is 1.76. The number of pyridine rings is 1. The van der Waals surface area contributed by atoms with E-state index in [0.717, 1.165) is 29.4 Å². The Hall–Kier alpha value is -1.93. The van der Waals surface area contributed by atoms with Crippen molar-refractivity contribution in [2.75, 3.05) is 17.8 Å². The molecule has 3 aromatic rings. The number of hydrogen-bond acceptors (Lipinski definition) is 4. The molecule has 0 spiro atoms. The van der Waals surface area contributed by atoms with Crippen LogP contribution in [0.3, 0.4) is 0 Å². The molecule has 6 nitrogen and oxygen atoms in total. The average Bonchev–Trinajstić information content (AvgIpc) is 3.15. The maximum Gasteiger partial charge on any atom is 0.239 e. The smallest absolute Gasteiger partial charge is 0.239 e. The fourth-order valence-corrected chi connectivity index (χ4v) is 3.76. The minimum absolute atomic E-state index is 0.143. The highest BCUT2D eigenvalue weighted by Gasteiger charge is 2.13. The number of ether oxygens (including phenoxy) is 1. The highest BCUT2D eigenvalue weighted by Crippen LogP contribution is 2.32. The number of amides is 1. The van der Waals surface area contributed by atoms with Gasteiger partial charge in [0.05, 0.1) is 21.9 Å². The Morgan fingerprint density at radius 2 is 1.97 bits per heavy atom. The molecule has 2 heterocycles. The fraction of sp³-hybridized carbons (Fsp3) is 0.350. The highest BCUT2D eigenvalue weighted by atomic mass is 35.5. The molecule has 2 aromatic heterocycles. The van der Waals surface area contributed by atoms with E-state index in [-0.39, 0.29) is 11.8 Å². The van der Waals surface area contributed by atoms with Crippen molar-refractivity contribution in [3.8, 4) is 11.4 Å². The molecule has 0 radical (unpaired) electrons. The van der Waals surface area contributed by atoms with Crippen LogP contribution in [0.5, 0.6) is 0 Å². The summed E-state index contributed by atoms with van der Waals surface area (Å²) in [7, 11) is -1.10. The van der Waals surface area contributed by atoms with E-state index in [1.165, 1.54) is 0 Å². The topological polar surface area (TPSA) is 69.0 Å². The van der Waals surface area contributed by atoms with Gasteiger partial charge in [-0.05, 0) is 36.4 Å². The van der Waals surface area contributed by atoms with Gasteiger partial charge in [0.25, 0.3) is 0 Å². The first-order chi connectivity index (χ1) is 13.8. The number of nitrogens with zero attached hydrogens (tertiary/aromatic N) is 3. The first kappa shape index (κ1) is 21.8. The monoisotopic (exact) mass is 450 g/mol. The van der Waals surface area contributed by atoms with Crippen LogP contribution in [-0.4, -0.2) is 41.2 Å². The van der Waals surface area contributed by atoms with Gasteiger partial charge in [-0.15, -0.1) is 11.6 Å². The molecule has 0 saturated carbocycles. The second-order valence-electron chi connectivity index (χ2n) is 7.96. The molecule has 0 aliphatic rings. The minimum Gasteiger partial charge on any atom is -0.360 e. The zero-order chi connectivity index (χ0) is 21.0. The third-order valence-corrected chi connectivity index (χ3v) is 6.59. The van der Waals surface area contributed by atoms with Crippen molar-refractivity contribution in [3.05, 3.63) is 41.6 Å². The van der Waals surface area contributed by atoms with E-state index >= 15 is 0 Å². The number of anilines is 1. The zero-order valence-electron chi connectivity index (χ0n) is 16.7. The Morgan fingerprint density at radius 3 is 2.69 bits per heavy atom. The number of carbonyl (C=O) groups excluding carboxylic acids is 1. The Bertz CT molecular complexity index is 1020. The zero-order valence-corrected chi connectivity index (χ0v) is 19.2. The second-order valence-corrected chi connectivity index (χ2v) is 14.3. The van der Waals surface area contributed by atoms with Gasteiger partial charge in [-0.25, -0.2) is 9.67 Å². The molecule has 0 aliphatic carbocycles. The van der Waals surface area contributed by atoms with Crippen LogP contribution in [0.4, 0.5) is 5.69 Å². The van der Waals surface area contributed by atoms with E-state index in [1.807, 2.05) is 30.5 Å². The van der Waals surface area contributed by atoms with Crippen LogP contribution in [0.15, 0.2) is 36.5 Å². The first-order valence-corrected chi connectivity index (χ1v) is 14.0. The molecule has 0 unspecified atom stereocenters. The Morgan fingerprint density at radius 1 is 1.17 bits per heavy atom. The Labute approximate surface area is 181 Å². The molecular weight excluding hydrogens is 427 g/mol. The number of hydrogen-bond donors (Lipinski definition) is 1. The van der Waals surface area contributed by atoms with Crippen molar-refractivity contribution in [1.29, 1.82) is 0 Å². The van der Waals surface area contributed by atoms with Gasteiger partial charge in [-0.2, -0.15) is 5.10 Å². The van der Waals surface area contributed by atoms with Crippen molar-refractivity contribution < 1.29 is 9.53 Å². The van der Waals surface area contributed by atoms with Crippen LogP contribution < -0.4 is 5.32 Å². The van der Waals surface area contributed by atoms with Crippen LogP contribution in [0, 0.1) is 0 Å². The summed E-state index contributed by atoms with van der Waals surface area (Å²) >= 11 is 11.8. The number of carbonyl (C=O) groups is 1. The Kier molecular flexibility index (Phi) is 6.95. The van der Waals surface area contributed by atoms with Crippen molar-refractivity contribution in [3.63, 3.8) is 0 Å². The quantitative estimate of drug-likeness (QED) is 0.289. The molecule has 0 aliphatic heterocycles. The highest BCUT2D eigenvalue weighted by molar-refractivity contribution is 6.76. The molecule has 29 heavy (non-hydrogen) atoms. The molecule has 3 rings (SSSR count).